The molecule has 2 nitrogen and oxygen atoms in total. The number of terminal acetylenes is 1. The van der Waals surface area contributed by atoms with E-state index in [1.54, 1.807) is 11.3 Å². The third kappa shape index (κ3) is 2.40. The molecule has 78 valence electrons. The minimum Gasteiger partial charge on any atom is -0.341 e. The number of hydrogen-bond acceptors (Lipinski definition) is 2. The highest BCUT2D eigenvalue weighted by Crippen LogP contribution is 2.18. The highest BCUT2D eigenvalue weighted by atomic mass is 32.1. The Labute approximate surface area is 93.9 Å². The second kappa shape index (κ2) is 4.50. The fourth-order valence-corrected chi connectivity index (χ4v) is 2.50. The summed E-state index contributed by atoms with van der Waals surface area (Å²) >= 11 is 1.74. The summed E-state index contributed by atoms with van der Waals surface area (Å²) in [6.07, 6.45) is 6.80. The van der Waals surface area contributed by atoms with Crippen LogP contribution >= 0.6 is 11.3 Å². The zero-order chi connectivity index (χ0) is 10.7. The molecule has 1 fully saturated rings. The summed E-state index contributed by atoms with van der Waals surface area (Å²) in [6, 6.07) is 4.14. The average Bonchev–Trinajstić information content (AvgIpc) is 2.84. The number of amides is 1. The van der Waals surface area contributed by atoms with E-state index in [2.05, 4.69) is 17.4 Å². The number of thiophene rings is 1. The Kier molecular flexibility index (Phi) is 3.08. The molecule has 1 aliphatic heterocycles. The van der Waals surface area contributed by atoms with E-state index in [1.807, 2.05) is 11.0 Å². The Bertz CT molecular complexity index is 377. The molecule has 1 saturated heterocycles. The van der Waals surface area contributed by atoms with Gasteiger partial charge in [0.1, 0.15) is 0 Å². The quantitative estimate of drug-likeness (QED) is 0.710. The van der Waals surface area contributed by atoms with Gasteiger partial charge in [0.2, 0.25) is 5.91 Å². The number of carbonyl (C=O) groups excluding carboxylic acids is 1. The van der Waals surface area contributed by atoms with Gasteiger partial charge in [0.05, 0.1) is 0 Å². The molecule has 0 aliphatic carbocycles. The van der Waals surface area contributed by atoms with Crippen LogP contribution in [0.25, 0.3) is 0 Å². The lowest BCUT2D eigenvalue weighted by atomic mass is 10.1. The molecular formula is C12H13NOS. The van der Waals surface area contributed by atoms with Gasteiger partial charge in [-0.1, -0.05) is 6.07 Å². The number of rotatable bonds is 3. The van der Waals surface area contributed by atoms with Crippen molar-refractivity contribution in [1.29, 1.82) is 0 Å². The first-order valence-electron chi connectivity index (χ1n) is 5.06. The van der Waals surface area contributed by atoms with Gasteiger partial charge in [-0.3, -0.25) is 4.79 Å². The summed E-state index contributed by atoms with van der Waals surface area (Å²) in [5.41, 5.74) is 0. The second-order valence-corrected chi connectivity index (χ2v) is 4.77. The minimum atomic E-state index is 0.126. The van der Waals surface area contributed by atoms with Crippen LogP contribution in [-0.4, -0.2) is 23.9 Å². The van der Waals surface area contributed by atoms with E-state index in [0.29, 0.717) is 6.42 Å². The van der Waals surface area contributed by atoms with Gasteiger partial charge < -0.3 is 4.90 Å². The van der Waals surface area contributed by atoms with Crippen molar-refractivity contribution in [2.45, 2.75) is 12.8 Å². The molecule has 2 rings (SSSR count). The molecule has 0 bridgehead atoms. The first kappa shape index (κ1) is 10.3. The Hall–Kier alpha value is -1.27. The summed E-state index contributed by atoms with van der Waals surface area (Å²) in [6.45, 7) is 1.54. The Morgan fingerprint density at radius 1 is 1.67 bits per heavy atom. The monoisotopic (exact) mass is 219 g/mol. The van der Waals surface area contributed by atoms with Gasteiger partial charge >= 0.3 is 0 Å². The molecule has 1 amide bonds. The molecule has 0 saturated carbocycles. The van der Waals surface area contributed by atoms with E-state index >= 15 is 0 Å². The highest BCUT2D eigenvalue weighted by Gasteiger charge is 2.27. The van der Waals surface area contributed by atoms with E-state index < -0.39 is 0 Å². The lowest BCUT2D eigenvalue weighted by Gasteiger charge is -2.14. The van der Waals surface area contributed by atoms with Gasteiger partial charge in [0, 0.05) is 30.3 Å². The molecule has 1 aliphatic rings. The van der Waals surface area contributed by atoms with Crippen LogP contribution in [0.15, 0.2) is 17.5 Å². The highest BCUT2D eigenvalue weighted by molar-refractivity contribution is 7.09. The van der Waals surface area contributed by atoms with E-state index in [9.17, 15) is 4.79 Å². The summed E-state index contributed by atoms with van der Waals surface area (Å²) in [4.78, 5) is 14.7. The van der Waals surface area contributed by atoms with Gasteiger partial charge in [-0.15, -0.1) is 23.7 Å². The van der Waals surface area contributed by atoms with Gasteiger partial charge in [0.15, 0.2) is 0 Å². The number of nitrogens with zero attached hydrogens (tertiary/aromatic N) is 1. The zero-order valence-corrected chi connectivity index (χ0v) is 9.30. The predicted octanol–water partition coefficient (Wildman–Crippen LogP) is 1.77. The van der Waals surface area contributed by atoms with Crippen LogP contribution in [-0.2, 0) is 11.2 Å². The van der Waals surface area contributed by atoms with Crippen LogP contribution < -0.4 is 0 Å². The van der Waals surface area contributed by atoms with Crippen LogP contribution in [0.1, 0.15) is 11.3 Å². The van der Waals surface area contributed by atoms with Crippen LogP contribution in [0.4, 0.5) is 0 Å². The smallest absolute Gasteiger partial charge is 0.223 e. The van der Waals surface area contributed by atoms with Crippen molar-refractivity contribution in [3.8, 4) is 12.3 Å². The van der Waals surface area contributed by atoms with Crippen molar-refractivity contribution < 1.29 is 4.79 Å². The normalized spacial score (nSPS) is 20.6. The molecule has 2 heterocycles. The molecule has 1 aromatic heterocycles. The van der Waals surface area contributed by atoms with E-state index in [1.165, 1.54) is 4.88 Å². The third-order valence-corrected chi connectivity index (χ3v) is 3.59. The lowest BCUT2D eigenvalue weighted by Crippen LogP contribution is -2.27. The van der Waals surface area contributed by atoms with E-state index in [0.717, 1.165) is 19.5 Å². The first-order valence-corrected chi connectivity index (χ1v) is 5.94. The number of carbonyl (C=O) groups is 1. The van der Waals surface area contributed by atoms with Crippen molar-refractivity contribution in [3.05, 3.63) is 22.4 Å². The maximum atomic E-state index is 11.5. The summed E-state index contributed by atoms with van der Waals surface area (Å²) in [7, 11) is 0. The molecule has 0 radical (unpaired) electrons. The molecule has 1 unspecified atom stereocenters. The average molecular weight is 219 g/mol. The van der Waals surface area contributed by atoms with Gasteiger partial charge in [0.25, 0.3) is 0 Å². The number of likely N-dealkylation sites (tertiary alicyclic amines) is 1. The molecule has 0 spiro atoms. The maximum absolute atomic E-state index is 11.5. The lowest BCUT2D eigenvalue weighted by molar-refractivity contribution is -0.127. The van der Waals surface area contributed by atoms with Crippen LogP contribution in [0.2, 0.25) is 0 Å². The van der Waals surface area contributed by atoms with Gasteiger partial charge in [-0.2, -0.15) is 0 Å². The SMILES string of the molecule is C#CC1CC(=O)N(CCc2cccs2)C1. The fourth-order valence-electron chi connectivity index (χ4n) is 1.80. The van der Waals surface area contributed by atoms with E-state index in [-0.39, 0.29) is 11.8 Å². The van der Waals surface area contributed by atoms with Crippen LogP contribution in [0, 0.1) is 18.3 Å². The summed E-state index contributed by atoms with van der Waals surface area (Å²) in [5.74, 6) is 2.99. The van der Waals surface area contributed by atoms with Crippen LogP contribution in [0.3, 0.4) is 0 Å². The molecule has 15 heavy (non-hydrogen) atoms. The van der Waals surface area contributed by atoms with Crippen LogP contribution in [0.5, 0.6) is 0 Å². The topological polar surface area (TPSA) is 20.3 Å². The minimum absolute atomic E-state index is 0.126. The standard InChI is InChI=1S/C12H13NOS/c1-2-10-8-12(14)13(9-10)6-5-11-4-3-7-15-11/h1,3-4,7,10H,5-6,8-9H2. The molecule has 3 heteroatoms. The van der Waals surface area contributed by atoms with Crippen molar-refractivity contribution in [1.82, 2.24) is 4.90 Å². The van der Waals surface area contributed by atoms with Gasteiger partial charge in [-0.25, -0.2) is 0 Å². The first-order chi connectivity index (χ1) is 7.29. The Morgan fingerprint density at radius 2 is 2.53 bits per heavy atom. The predicted molar refractivity (Wildman–Crippen MR) is 61.5 cm³/mol. The van der Waals surface area contributed by atoms with Crippen molar-refractivity contribution in [3.63, 3.8) is 0 Å². The third-order valence-electron chi connectivity index (χ3n) is 2.66. The van der Waals surface area contributed by atoms with Crippen molar-refractivity contribution in [2.75, 3.05) is 13.1 Å². The van der Waals surface area contributed by atoms with Crippen molar-refractivity contribution in [2.24, 2.45) is 5.92 Å². The molecule has 1 aromatic rings. The van der Waals surface area contributed by atoms with E-state index in [4.69, 9.17) is 6.42 Å². The molecular weight excluding hydrogens is 206 g/mol. The summed E-state index contributed by atoms with van der Waals surface area (Å²) in [5, 5.41) is 2.06. The fraction of sp³-hybridized carbons (Fsp3) is 0.417. The van der Waals surface area contributed by atoms with Crippen molar-refractivity contribution >= 4 is 17.2 Å². The molecule has 0 aromatic carbocycles. The molecule has 1 atom stereocenters. The largest absolute Gasteiger partial charge is 0.341 e. The number of hydrogen-bond donors (Lipinski definition) is 0. The zero-order valence-electron chi connectivity index (χ0n) is 8.48. The summed E-state index contributed by atoms with van der Waals surface area (Å²) < 4.78 is 0. The molecule has 0 N–H and O–H groups in total. The van der Waals surface area contributed by atoms with Gasteiger partial charge in [-0.05, 0) is 17.9 Å². The second-order valence-electron chi connectivity index (χ2n) is 3.74. The maximum Gasteiger partial charge on any atom is 0.223 e. The Balaban J connectivity index is 1.86. The Morgan fingerprint density at radius 3 is 3.13 bits per heavy atom.